The predicted octanol–water partition coefficient (Wildman–Crippen LogP) is 5.70. The van der Waals surface area contributed by atoms with Gasteiger partial charge in [-0.05, 0) is 81.1 Å². The normalized spacial score (nSPS) is 12.1. The molecule has 0 heterocycles. The molecule has 0 amide bonds. The van der Waals surface area contributed by atoms with Crippen molar-refractivity contribution in [3.63, 3.8) is 0 Å². The van der Waals surface area contributed by atoms with Crippen LogP contribution in [0.25, 0.3) is 0 Å². The van der Waals surface area contributed by atoms with Gasteiger partial charge in [0.15, 0.2) is 0 Å². The summed E-state index contributed by atoms with van der Waals surface area (Å²) in [4.78, 5) is 0. The number of hydrogen-bond donors (Lipinski definition) is 1. The maximum atomic E-state index is 5.26. The van der Waals surface area contributed by atoms with Crippen molar-refractivity contribution in [3.8, 4) is 5.75 Å². The van der Waals surface area contributed by atoms with Crippen molar-refractivity contribution in [3.05, 3.63) is 56.5 Å². The van der Waals surface area contributed by atoms with Crippen LogP contribution in [0.15, 0.2) is 45.3 Å². The summed E-state index contributed by atoms with van der Waals surface area (Å²) < 4.78 is 7.30. The summed E-state index contributed by atoms with van der Waals surface area (Å²) >= 11 is 7.10. The summed E-state index contributed by atoms with van der Waals surface area (Å²) in [5, 5.41) is 3.52. The summed E-state index contributed by atoms with van der Waals surface area (Å²) in [6.07, 6.45) is 0. The second-order valence-electron chi connectivity index (χ2n) is 4.74. The Morgan fingerprint density at radius 2 is 1.80 bits per heavy atom. The number of nitrogens with one attached hydrogen (secondary N) is 1. The van der Waals surface area contributed by atoms with E-state index in [1.54, 1.807) is 7.11 Å². The molecule has 0 bridgehead atoms. The molecule has 2 nitrogen and oxygen atoms in total. The largest absolute Gasteiger partial charge is 0.496 e. The average molecular weight is 399 g/mol. The van der Waals surface area contributed by atoms with Gasteiger partial charge in [-0.15, -0.1) is 0 Å². The first-order valence-corrected chi connectivity index (χ1v) is 7.96. The molecule has 0 saturated carbocycles. The fraction of sp³-hybridized carbons (Fsp3) is 0.250. The van der Waals surface area contributed by atoms with E-state index in [2.05, 4.69) is 81.4 Å². The van der Waals surface area contributed by atoms with E-state index in [1.165, 1.54) is 11.1 Å². The van der Waals surface area contributed by atoms with Crippen LogP contribution in [0.1, 0.15) is 24.1 Å². The number of halogens is 2. The van der Waals surface area contributed by atoms with Crippen LogP contribution in [0, 0.1) is 6.92 Å². The first-order valence-electron chi connectivity index (χ1n) is 6.37. The van der Waals surface area contributed by atoms with E-state index < -0.39 is 0 Å². The smallest absolute Gasteiger partial charge is 0.133 e. The minimum absolute atomic E-state index is 0.204. The summed E-state index contributed by atoms with van der Waals surface area (Å²) in [5.41, 5.74) is 3.54. The fourth-order valence-electron chi connectivity index (χ4n) is 2.02. The molecule has 20 heavy (non-hydrogen) atoms. The van der Waals surface area contributed by atoms with E-state index in [9.17, 15) is 0 Å². The van der Waals surface area contributed by atoms with Crippen LogP contribution in [0.3, 0.4) is 0 Å². The van der Waals surface area contributed by atoms with E-state index >= 15 is 0 Å². The number of rotatable bonds is 4. The van der Waals surface area contributed by atoms with E-state index in [1.807, 2.05) is 6.07 Å². The standard InChI is InChI=1S/C16H17Br2NO/c1-10-4-6-13(17)15(8-10)19-11(2)12-5-7-16(20-3)14(18)9-12/h4-9,11,19H,1-3H3. The number of aryl methyl sites for hydroxylation is 1. The molecule has 0 aromatic heterocycles. The molecule has 0 aliphatic carbocycles. The van der Waals surface area contributed by atoms with Gasteiger partial charge in [-0.25, -0.2) is 0 Å². The maximum absolute atomic E-state index is 5.26. The highest BCUT2D eigenvalue weighted by molar-refractivity contribution is 9.11. The van der Waals surface area contributed by atoms with Crippen molar-refractivity contribution >= 4 is 37.5 Å². The maximum Gasteiger partial charge on any atom is 0.133 e. The lowest BCUT2D eigenvalue weighted by Gasteiger charge is -2.18. The Labute approximate surface area is 136 Å². The van der Waals surface area contributed by atoms with Gasteiger partial charge in [-0.3, -0.25) is 0 Å². The quantitative estimate of drug-likeness (QED) is 0.712. The molecule has 2 aromatic carbocycles. The fourth-order valence-corrected chi connectivity index (χ4v) is 2.94. The molecule has 2 aromatic rings. The van der Waals surface area contributed by atoms with E-state index in [0.29, 0.717) is 0 Å². The van der Waals surface area contributed by atoms with Crippen LogP contribution in [-0.4, -0.2) is 7.11 Å². The summed E-state index contributed by atoms with van der Waals surface area (Å²) in [6, 6.07) is 12.6. The number of methoxy groups -OCH3 is 1. The second kappa shape index (κ2) is 6.64. The Bertz CT molecular complexity index is 613. The second-order valence-corrected chi connectivity index (χ2v) is 6.45. The lowest BCUT2D eigenvalue weighted by molar-refractivity contribution is 0.412. The molecule has 4 heteroatoms. The monoisotopic (exact) mass is 397 g/mol. The number of anilines is 1. The van der Waals surface area contributed by atoms with Gasteiger partial charge >= 0.3 is 0 Å². The Morgan fingerprint density at radius 3 is 2.45 bits per heavy atom. The zero-order valence-corrected chi connectivity index (χ0v) is 14.9. The minimum atomic E-state index is 0.204. The zero-order valence-electron chi connectivity index (χ0n) is 11.7. The molecule has 106 valence electrons. The van der Waals surface area contributed by atoms with Gasteiger partial charge in [0.1, 0.15) is 5.75 Å². The molecule has 0 fully saturated rings. The average Bonchev–Trinajstić information content (AvgIpc) is 2.42. The van der Waals surface area contributed by atoms with Crippen molar-refractivity contribution in [1.82, 2.24) is 0 Å². The van der Waals surface area contributed by atoms with Crippen LogP contribution in [-0.2, 0) is 0 Å². The highest BCUT2D eigenvalue weighted by atomic mass is 79.9. The number of benzene rings is 2. The Hall–Kier alpha value is -1.000. The molecular weight excluding hydrogens is 382 g/mol. The van der Waals surface area contributed by atoms with E-state index in [-0.39, 0.29) is 6.04 Å². The zero-order chi connectivity index (χ0) is 14.7. The Balaban J connectivity index is 2.21. The highest BCUT2D eigenvalue weighted by Crippen LogP contribution is 2.31. The summed E-state index contributed by atoms with van der Waals surface area (Å²) in [7, 11) is 1.67. The van der Waals surface area contributed by atoms with Gasteiger partial charge < -0.3 is 10.1 Å². The molecule has 0 saturated heterocycles. The van der Waals surface area contributed by atoms with E-state index in [4.69, 9.17) is 4.74 Å². The van der Waals surface area contributed by atoms with Gasteiger partial charge in [-0.1, -0.05) is 12.1 Å². The lowest BCUT2D eigenvalue weighted by Crippen LogP contribution is -2.07. The lowest BCUT2D eigenvalue weighted by atomic mass is 10.1. The molecule has 1 atom stereocenters. The van der Waals surface area contributed by atoms with Gasteiger partial charge in [-0.2, -0.15) is 0 Å². The Morgan fingerprint density at radius 1 is 1.05 bits per heavy atom. The van der Waals surface area contributed by atoms with Crippen LogP contribution in [0.5, 0.6) is 5.75 Å². The van der Waals surface area contributed by atoms with Crippen LogP contribution < -0.4 is 10.1 Å². The van der Waals surface area contributed by atoms with Gasteiger partial charge in [0.2, 0.25) is 0 Å². The molecular formula is C16H17Br2NO. The number of ether oxygens (including phenoxy) is 1. The molecule has 2 rings (SSSR count). The Kier molecular flexibility index (Phi) is 5.11. The first kappa shape index (κ1) is 15.4. The van der Waals surface area contributed by atoms with Crippen LogP contribution in [0.4, 0.5) is 5.69 Å². The van der Waals surface area contributed by atoms with Crippen molar-refractivity contribution in [1.29, 1.82) is 0 Å². The topological polar surface area (TPSA) is 21.3 Å². The summed E-state index contributed by atoms with van der Waals surface area (Å²) in [6.45, 7) is 4.23. The van der Waals surface area contributed by atoms with Gasteiger partial charge in [0.05, 0.1) is 11.6 Å². The van der Waals surface area contributed by atoms with Crippen molar-refractivity contribution in [2.24, 2.45) is 0 Å². The third-order valence-electron chi connectivity index (χ3n) is 3.17. The molecule has 0 aliphatic rings. The third kappa shape index (κ3) is 3.55. The molecule has 0 radical (unpaired) electrons. The van der Waals surface area contributed by atoms with E-state index in [0.717, 1.165) is 20.4 Å². The third-order valence-corrected chi connectivity index (χ3v) is 4.48. The molecule has 1 unspecified atom stereocenters. The highest BCUT2D eigenvalue weighted by Gasteiger charge is 2.10. The van der Waals surface area contributed by atoms with Gasteiger partial charge in [0.25, 0.3) is 0 Å². The van der Waals surface area contributed by atoms with Gasteiger partial charge in [0, 0.05) is 16.2 Å². The SMILES string of the molecule is COc1ccc(C(C)Nc2cc(C)ccc2Br)cc1Br. The minimum Gasteiger partial charge on any atom is -0.496 e. The summed E-state index contributed by atoms with van der Waals surface area (Å²) in [5.74, 6) is 0.845. The van der Waals surface area contributed by atoms with Crippen molar-refractivity contribution in [2.75, 3.05) is 12.4 Å². The molecule has 0 spiro atoms. The van der Waals surface area contributed by atoms with Crippen molar-refractivity contribution < 1.29 is 4.74 Å². The van der Waals surface area contributed by atoms with Crippen LogP contribution >= 0.6 is 31.9 Å². The number of hydrogen-bond acceptors (Lipinski definition) is 2. The predicted molar refractivity (Wildman–Crippen MR) is 91.6 cm³/mol. The molecule has 1 N–H and O–H groups in total. The van der Waals surface area contributed by atoms with Crippen molar-refractivity contribution in [2.45, 2.75) is 19.9 Å². The van der Waals surface area contributed by atoms with Crippen LogP contribution in [0.2, 0.25) is 0 Å². The molecule has 0 aliphatic heterocycles. The first-order chi connectivity index (χ1) is 9.51.